The molecule has 1 aliphatic carbocycles. The van der Waals surface area contributed by atoms with Crippen molar-refractivity contribution in [2.75, 3.05) is 0 Å². The monoisotopic (exact) mass is 274 g/mol. The van der Waals surface area contributed by atoms with Crippen LogP contribution >= 0.6 is 0 Å². The second kappa shape index (κ2) is 6.06. The minimum absolute atomic E-state index is 0.395. The van der Waals surface area contributed by atoms with Gasteiger partial charge in [0.25, 0.3) is 0 Å². The Morgan fingerprint density at radius 2 is 1.84 bits per heavy atom. The van der Waals surface area contributed by atoms with Crippen LogP contribution in [0.5, 0.6) is 0 Å². The first-order valence-electron chi connectivity index (χ1n) is 7.41. The van der Waals surface area contributed by atoms with E-state index in [9.17, 15) is 0 Å². The molecule has 0 radical (unpaired) electrons. The van der Waals surface area contributed by atoms with E-state index in [1.165, 1.54) is 11.6 Å². The summed E-state index contributed by atoms with van der Waals surface area (Å²) in [6.07, 6.45) is 7.41. The van der Waals surface area contributed by atoms with E-state index in [2.05, 4.69) is 69.4 Å². The Labute approximate surface area is 118 Å². The van der Waals surface area contributed by atoms with E-state index in [0.29, 0.717) is 17.9 Å². The number of allylic oxidation sites excluding steroid dienone is 1. The van der Waals surface area contributed by atoms with Gasteiger partial charge in [0.05, 0.1) is 6.10 Å². The van der Waals surface area contributed by atoms with E-state index >= 15 is 0 Å². The summed E-state index contributed by atoms with van der Waals surface area (Å²) in [5.74, 6) is 1.23. The van der Waals surface area contributed by atoms with Crippen molar-refractivity contribution >= 4 is 13.5 Å². The van der Waals surface area contributed by atoms with Crippen molar-refractivity contribution in [2.24, 2.45) is 11.8 Å². The molecule has 0 amide bonds. The van der Waals surface area contributed by atoms with Gasteiger partial charge in [0, 0.05) is 5.92 Å². The normalized spacial score (nSPS) is 23.8. The summed E-state index contributed by atoms with van der Waals surface area (Å²) in [7, 11) is -1.79. The van der Waals surface area contributed by atoms with Crippen LogP contribution in [-0.2, 0) is 4.43 Å². The summed E-state index contributed by atoms with van der Waals surface area (Å²) in [5, 5.41) is 1.40. The SMILES string of the molecule is CC(C)[C@@H]1C=CCC[C@H]1O[Si](C)(C)c1ccccc1. The van der Waals surface area contributed by atoms with Crippen molar-refractivity contribution in [3.05, 3.63) is 42.5 Å². The quantitative estimate of drug-likeness (QED) is 0.593. The van der Waals surface area contributed by atoms with Gasteiger partial charge in [0.2, 0.25) is 8.32 Å². The second-order valence-corrected chi connectivity index (χ2v) is 10.2. The van der Waals surface area contributed by atoms with Gasteiger partial charge >= 0.3 is 0 Å². The highest BCUT2D eigenvalue weighted by Gasteiger charge is 2.33. The third-order valence-electron chi connectivity index (χ3n) is 4.09. The van der Waals surface area contributed by atoms with Crippen molar-refractivity contribution in [2.45, 2.75) is 45.9 Å². The molecular formula is C17H26OSi. The molecule has 104 valence electrons. The average Bonchev–Trinajstić information content (AvgIpc) is 2.39. The molecule has 1 aromatic rings. The van der Waals surface area contributed by atoms with Gasteiger partial charge in [-0.2, -0.15) is 0 Å². The van der Waals surface area contributed by atoms with Crippen LogP contribution < -0.4 is 5.19 Å². The van der Waals surface area contributed by atoms with E-state index in [4.69, 9.17) is 4.43 Å². The summed E-state index contributed by atoms with van der Waals surface area (Å²) in [6.45, 7) is 9.23. The number of hydrogen-bond donors (Lipinski definition) is 0. The van der Waals surface area contributed by atoms with Crippen LogP contribution in [0.4, 0.5) is 0 Å². The van der Waals surface area contributed by atoms with Gasteiger partial charge in [-0.1, -0.05) is 56.3 Å². The fourth-order valence-electron chi connectivity index (χ4n) is 2.91. The summed E-state index contributed by atoms with van der Waals surface area (Å²) < 4.78 is 6.63. The highest BCUT2D eigenvalue weighted by molar-refractivity contribution is 6.84. The van der Waals surface area contributed by atoms with E-state index in [0.717, 1.165) is 6.42 Å². The van der Waals surface area contributed by atoms with E-state index in [1.54, 1.807) is 0 Å². The third kappa shape index (κ3) is 3.58. The summed E-state index contributed by atoms with van der Waals surface area (Å²) >= 11 is 0. The Hall–Kier alpha value is -0.863. The highest BCUT2D eigenvalue weighted by atomic mass is 28.4. The number of rotatable bonds is 4. The van der Waals surface area contributed by atoms with Gasteiger partial charge in [-0.3, -0.25) is 0 Å². The lowest BCUT2D eigenvalue weighted by Gasteiger charge is -2.37. The van der Waals surface area contributed by atoms with Gasteiger partial charge in [0.1, 0.15) is 0 Å². The Bertz CT molecular complexity index is 422. The minimum atomic E-state index is -1.79. The van der Waals surface area contributed by atoms with Crippen molar-refractivity contribution in [3.8, 4) is 0 Å². The van der Waals surface area contributed by atoms with Crippen LogP contribution in [-0.4, -0.2) is 14.4 Å². The summed E-state index contributed by atoms with van der Waals surface area (Å²) in [6, 6.07) is 10.8. The molecule has 1 aromatic carbocycles. The molecule has 2 rings (SSSR count). The first kappa shape index (κ1) is 14.5. The standard InChI is InChI=1S/C17H26OSi/c1-14(2)16-12-8-9-13-17(16)18-19(3,4)15-10-6-5-7-11-15/h5-8,10-12,14,16-17H,9,13H2,1-4H3/t16-,17+/m0/s1. The zero-order valence-electron chi connectivity index (χ0n) is 12.6. The van der Waals surface area contributed by atoms with Gasteiger partial charge in [-0.25, -0.2) is 0 Å². The van der Waals surface area contributed by atoms with E-state index in [-0.39, 0.29) is 0 Å². The Kier molecular flexibility index (Phi) is 4.64. The maximum atomic E-state index is 6.63. The molecule has 0 fully saturated rings. The molecule has 0 N–H and O–H groups in total. The molecule has 0 aliphatic heterocycles. The Balaban J connectivity index is 2.13. The van der Waals surface area contributed by atoms with Crippen LogP contribution in [0.2, 0.25) is 13.1 Å². The molecule has 2 atom stereocenters. The topological polar surface area (TPSA) is 9.23 Å². The average molecular weight is 274 g/mol. The molecule has 19 heavy (non-hydrogen) atoms. The van der Waals surface area contributed by atoms with Gasteiger partial charge in [-0.15, -0.1) is 0 Å². The van der Waals surface area contributed by atoms with Gasteiger partial charge < -0.3 is 4.43 Å². The summed E-state index contributed by atoms with van der Waals surface area (Å²) in [4.78, 5) is 0. The molecule has 0 unspecified atom stereocenters. The number of hydrogen-bond acceptors (Lipinski definition) is 1. The lowest BCUT2D eigenvalue weighted by Crippen LogP contribution is -2.49. The maximum absolute atomic E-state index is 6.63. The smallest absolute Gasteiger partial charge is 0.218 e. The van der Waals surface area contributed by atoms with Crippen LogP contribution in [0.1, 0.15) is 26.7 Å². The van der Waals surface area contributed by atoms with Gasteiger partial charge in [-0.05, 0) is 37.0 Å². The van der Waals surface area contributed by atoms with E-state index < -0.39 is 8.32 Å². The molecule has 0 aromatic heterocycles. The third-order valence-corrected chi connectivity index (χ3v) is 6.71. The molecule has 1 nitrogen and oxygen atoms in total. The predicted octanol–water partition coefficient (Wildman–Crippen LogP) is 4.11. The van der Waals surface area contributed by atoms with Crippen molar-refractivity contribution in [3.63, 3.8) is 0 Å². The molecule has 0 saturated carbocycles. The zero-order valence-corrected chi connectivity index (χ0v) is 13.6. The molecule has 2 heteroatoms. The van der Waals surface area contributed by atoms with Crippen LogP contribution in [0.15, 0.2) is 42.5 Å². The highest BCUT2D eigenvalue weighted by Crippen LogP contribution is 2.29. The molecular weight excluding hydrogens is 248 g/mol. The summed E-state index contributed by atoms with van der Waals surface area (Å²) in [5.41, 5.74) is 0. The fourth-order valence-corrected chi connectivity index (χ4v) is 5.07. The first-order chi connectivity index (χ1) is 9.00. The van der Waals surface area contributed by atoms with Gasteiger partial charge in [0.15, 0.2) is 0 Å². The fraction of sp³-hybridized carbons (Fsp3) is 0.529. The maximum Gasteiger partial charge on any atom is 0.218 e. The minimum Gasteiger partial charge on any atom is -0.409 e. The lowest BCUT2D eigenvalue weighted by molar-refractivity contribution is 0.113. The first-order valence-corrected chi connectivity index (χ1v) is 10.3. The second-order valence-electron chi connectivity index (χ2n) is 6.36. The number of benzene rings is 1. The zero-order chi connectivity index (χ0) is 13.9. The van der Waals surface area contributed by atoms with Crippen LogP contribution in [0, 0.1) is 11.8 Å². The largest absolute Gasteiger partial charge is 0.409 e. The molecule has 0 saturated heterocycles. The Morgan fingerprint density at radius 1 is 1.16 bits per heavy atom. The molecule has 1 aliphatic rings. The molecule has 0 bridgehead atoms. The predicted molar refractivity (Wildman–Crippen MR) is 85.1 cm³/mol. The van der Waals surface area contributed by atoms with Crippen LogP contribution in [0.3, 0.4) is 0 Å². The lowest BCUT2D eigenvalue weighted by atomic mass is 9.84. The Morgan fingerprint density at radius 3 is 2.47 bits per heavy atom. The van der Waals surface area contributed by atoms with Crippen molar-refractivity contribution < 1.29 is 4.43 Å². The van der Waals surface area contributed by atoms with E-state index in [1.807, 2.05) is 0 Å². The molecule has 0 spiro atoms. The van der Waals surface area contributed by atoms with Crippen LogP contribution in [0.25, 0.3) is 0 Å². The van der Waals surface area contributed by atoms with Crippen molar-refractivity contribution in [1.29, 1.82) is 0 Å². The van der Waals surface area contributed by atoms with Crippen molar-refractivity contribution in [1.82, 2.24) is 0 Å². The molecule has 0 heterocycles.